The minimum absolute atomic E-state index is 0.0171. The van der Waals surface area contributed by atoms with Gasteiger partial charge in [-0.2, -0.15) is 0 Å². The maximum Gasteiger partial charge on any atom is -0.00137 e. The molecule has 137 heavy (non-hydrogen) atoms. The summed E-state index contributed by atoms with van der Waals surface area (Å²) >= 11 is 0. The van der Waals surface area contributed by atoms with Gasteiger partial charge in [0, 0.05) is 0 Å². The molecule has 5 unspecified atom stereocenters. The van der Waals surface area contributed by atoms with E-state index in [2.05, 4.69) is 431 Å². The van der Waals surface area contributed by atoms with E-state index in [1.165, 1.54) is 294 Å². The highest BCUT2D eigenvalue weighted by Crippen LogP contribution is 2.59. The van der Waals surface area contributed by atoms with Gasteiger partial charge >= 0.3 is 0 Å². The molecule has 0 fully saturated rings. The molecule has 3 aliphatic rings. The molecule has 0 amide bonds. The normalized spacial score (nSPS) is 17.8. The van der Waals surface area contributed by atoms with Crippen molar-refractivity contribution in [3.63, 3.8) is 0 Å². The van der Waals surface area contributed by atoms with Crippen molar-refractivity contribution in [3.8, 4) is 11.1 Å². The summed E-state index contributed by atoms with van der Waals surface area (Å²) in [5, 5.41) is 48.0. The smallest absolute Gasteiger partial charge is 0.00137 e. The van der Waals surface area contributed by atoms with E-state index in [0.29, 0.717) is 17.8 Å². The Morgan fingerprint density at radius 3 is 0.978 bits per heavy atom. The zero-order chi connectivity index (χ0) is 97.8. The fourth-order valence-electron chi connectivity index (χ4n) is 26.1. The minimum atomic E-state index is -0.178. The predicted molar refractivity (Wildman–Crippen MR) is 610 cm³/mol. The zero-order valence-electron chi connectivity index (χ0n) is 89.7. The number of benzene rings is 19. The van der Waals surface area contributed by atoms with Crippen molar-refractivity contribution in [2.45, 2.75) is 317 Å². The largest absolute Gasteiger partial charge is 0.0792 e. The Bertz CT molecular complexity index is 8900. The summed E-state index contributed by atoms with van der Waals surface area (Å²) in [6, 6.07) is 65.8. The highest BCUT2D eigenvalue weighted by Gasteiger charge is 2.39. The maximum atomic E-state index is 2.76. The van der Waals surface area contributed by atoms with Crippen molar-refractivity contribution >= 4 is 196 Å². The predicted octanol–water partition coefficient (Wildman–Crippen LogP) is 37.7. The van der Waals surface area contributed by atoms with E-state index in [4.69, 9.17) is 0 Å². The van der Waals surface area contributed by atoms with Gasteiger partial charge in [-0.15, -0.1) is 0 Å². The fourth-order valence-corrected chi connectivity index (χ4v) is 26.1. The SMILES string of the molecule is C/C=c1c(=C/C(C)C2C=C(C(C)(C)C)C=C(c3ccc4c(c3)c3cc(C(C)(C)C)cc5c6cc7c(cc6c6cc(C(C)(C)C)cc4c6c35)c3cc(C(C)(C)C)cc4c5cc6c(cc5c5cc(C(C)(C)C)cc7c5c43)c3cc(C(C)(C)C)cc4c3c3c(cc(C(C)(C)C)cc63)CC4)C2C)\c2cc(C(C)(C)C)cc3c4cc5c(cc4c(C)c(c\1=C/C(C)C)c23)C(C)C(C)c1c(C)cc(C(C)(C)C)cc1-5. The second-order valence-electron chi connectivity index (χ2n) is 53.6. The summed E-state index contributed by atoms with van der Waals surface area (Å²) in [4.78, 5) is 0. The molecule has 19 aromatic carbocycles. The van der Waals surface area contributed by atoms with Crippen molar-refractivity contribution in [1.29, 1.82) is 0 Å². The average molecular weight is 1790 g/mol. The quantitative estimate of drug-likeness (QED) is 0.122. The zero-order valence-corrected chi connectivity index (χ0v) is 89.7. The molecule has 22 rings (SSSR count). The van der Waals surface area contributed by atoms with E-state index in [1.807, 2.05) is 0 Å². The van der Waals surface area contributed by atoms with Crippen LogP contribution in [-0.4, -0.2) is 0 Å². The lowest BCUT2D eigenvalue weighted by Gasteiger charge is -2.36. The molecule has 0 saturated heterocycles. The molecule has 0 nitrogen and oxygen atoms in total. The van der Waals surface area contributed by atoms with Crippen molar-refractivity contribution in [2.75, 3.05) is 0 Å². The molecule has 0 aliphatic heterocycles. The van der Waals surface area contributed by atoms with Crippen LogP contribution in [0.15, 0.2) is 169 Å². The van der Waals surface area contributed by atoms with Gasteiger partial charge in [0.2, 0.25) is 0 Å². The van der Waals surface area contributed by atoms with Crippen LogP contribution < -0.4 is 15.7 Å². The topological polar surface area (TPSA) is 0 Å². The molecule has 3 aliphatic carbocycles. The molecule has 5 atom stereocenters. The van der Waals surface area contributed by atoms with Gasteiger partial charge in [-0.25, -0.2) is 0 Å². The third-order valence-electron chi connectivity index (χ3n) is 34.5. The van der Waals surface area contributed by atoms with Gasteiger partial charge in [0.15, 0.2) is 0 Å². The first-order valence-corrected chi connectivity index (χ1v) is 52.3. The molecule has 0 N–H and O–H groups in total. The standard InChI is InChI=1S/C137H148/c1-37-88-94(111-54-84(134(25,26)27)56-113-97-64-96-92(63-93(97)75(9)121(124(111)113)106(88)42-69(2)3)72(6)73(7)120-71(5)43-79(50-108(96)120)129(10,11)12)44-70(4)90-48-82(132(19,20)21)49-91(74(90)8)76-40-41-89-95(47-76)112-55-85(135(28,29)30)58-115-103-68-105-104(67-102(103)114-57-83(133(22,23)24)53-107(89)125(114)126(112)115)118-61-86(136(31,32)33)59-116-100-65-98-99(66-101(100)117-60-87(137(34,35)36)62-119(105)128(117)127(116)118)110-52-81(131(16,17)18)46-78-39-38-77-45-80(130(13,14)15)51-109(98)122(77)123(78)110/h37,40-70,72-74,90H,38-39H2,1-36H3/b88-37+,94-44+,106-42-. The highest BCUT2D eigenvalue weighted by molar-refractivity contribution is 6.46. The summed E-state index contributed by atoms with van der Waals surface area (Å²) in [5.74, 6) is 1.60. The Labute approximate surface area is 816 Å². The summed E-state index contributed by atoms with van der Waals surface area (Å²) < 4.78 is 0. The average Bonchev–Trinajstić information content (AvgIpc) is 0.689. The van der Waals surface area contributed by atoms with E-state index < -0.39 is 0 Å². The van der Waals surface area contributed by atoms with Gasteiger partial charge in [-0.05, 0) is 527 Å². The van der Waals surface area contributed by atoms with Gasteiger partial charge in [-0.3, -0.25) is 0 Å². The lowest BCUT2D eigenvalue weighted by molar-refractivity contribution is 0.418. The number of hydrogen-bond donors (Lipinski definition) is 0. The van der Waals surface area contributed by atoms with Gasteiger partial charge in [-0.1, -0.05) is 295 Å². The first-order chi connectivity index (χ1) is 63.8. The second-order valence-corrected chi connectivity index (χ2v) is 53.6. The lowest BCUT2D eigenvalue weighted by Crippen LogP contribution is -2.41. The van der Waals surface area contributed by atoms with Crippen LogP contribution in [-0.2, 0) is 56.2 Å². The van der Waals surface area contributed by atoms with E-state index >= 15 is 0 Å². The maximum absolute atomic E-state index is 2.76. The van der Waals surface area contributed by atoms with Gasteiger partial charge in [0.25, 0.3) is 0 Å². The molecule has 19 aromatic rings. The third kappa shape index (κ3) is 13.8. The van der Waals surface area contributed by atoms with Crippen molar-refractivity contribution in [3.05, 3.63) is 268 Å². The highest BCUT2D eigenvalue weighted by atomic mass is 14.4. The number of hydrogen-bond acceptors (Lipinski definition) is 0. The van der Waals surface area contributed by atoms with Crippen molar-refractivity contribution in [1.82, 2.24) is 0 Å². The molecular formula is C137H148. The van der Waals surface area contributed by atoms with Crippen LogP contribution in [0.3, 0.4) is 0 Å². The molecule has 0 aromatic heterocycles. The molecule has 0 saturated carbocycles. The van der Waals surface area contributed by atoms with Crippen LogP contribution in [0.1, 0.15) is 331 Å². The minimum Gasteiger partial charge on any atom is -0.0792 e. The summed E-state index contributed by atoms with van der Waals surface area (Å²) in [6.45, 7) is 87.6. The molecule has 0 radical (unpaired) electrons. The second kappa shape index (κ2) is 29.6. The van der Waals surface area contributed by atoms with Crippen LogP contribution >= 0.6 is 0 Å². The van der Waals surface area contributed by atoms with E-state index in [1.54, 1.807) is 0 Å². The first kappa shape index (κ1) is 91.2. The summed E-state index contributed by atoms with van der Waals surface area (Å²) in [5.41, 5.74) is 26.0. The van der Waals surface area contributed by atoms with Crippen LogP contribution in [0.2, 0.25) is 0 Å². The van der Waals surface area contributed by atoms with Crippen molar-refractivity contribution < 1.29 is 0 Å². The van der Waals surface area contributed by atoms with Crippen LogP contribution in [0.4, 0.5) is 0 Å². The number of aryl methyl sites for hydroxylation is 4. The molecule has 0 bridgehead atoms. The number of allylic oxidation sites excluding steroid dienone is 4. The lowest BCUT2D eigenvalue weighted by atomic mass is 9.68. The van der Waals surface area contributed by atoms with E-state index in [-0.39, 0.29) is 66.5 Å². The third-order valence-corrected chi connectivity index (χ3v) is 34.5. The van der Waals surface area contributed by atoms with Gasteiger partial charge in [0.1, 0.15) is 0 Å². The Morgan fingerprint density at radius 1 is 0.277 bits per heavy atom. The summed E-state index contributed by atoms with van der Waals surface area (Å²) in [6.07, 6.45) is 15.3. The Hall–Kier alpha value is -10.9. The van der Waals surface area contributed by atoms with Crippen molar-refractivity contribution in [2.24, 2.45) is 29.1 Å². The molecule has 0 heterocycles. The molecule has 0 heteroatoms. The number of rotatable bonds is 4. The Morgan fingerprint density at radius 2 is 0.613 bits per heavy atom. The monoisotopic (exact) mass is 1790 g/mol. The summed E-state index contributed by atoms with van der Waals surface area (Å²) in [7, 11) is 0. The Balaban J connectivity index is 0.791. The molecular weight excluding hydrogens is 1650 g/mol. The van der Waals surface area contributed by atoms with Gasteiger partial charge < -0.3 is 0 Å². The van der Waals surface area contributed by atoms with Gasteiger partial charge in [0.05, 0.1) is 0 Å². The van der Waals surface area contributed by atoms with Crippen LogP contribution in [0.5, 0.6) is 0 Å². The van der Waals surface area contributed by atoms with Crippen LogP contribution in [0.25, 0.3) is 207 Å². The molecule has 0 spiro atoms. The van der Waals surface area contributed by atoms with E-state index in [0.717, 1.165) is 12.8 Å². The van der Waals surface area contributed by atoms with E-state index in [9.17, 15) is 0 Å². The fraction of sp³-hybridized carbons (Fsp3) is 0.387. The molecule has 696 valence electrons. The number of fused-ring (bicyclic) bond motifs is 20. The first-order valence-electron chi connectivity index (χ1n) is 52.3. The Kier molecular flexibility index (Phi) is 19.7. The van der Waals surface area contributed by atoms with Crippen LogP contribution in [0, 0.1) is 42.9 Å².